The lowest BCUT2D eigenvalue weighted by Crippen LogP contribution is -1.98. The Morgan fingerprint density at radius 2 is 1.21 bits per heavy atom. The standard InChI is InChI=1S/C41H30N4.C3H8/c1-3-31(44-40-20-12-9-17-35(40)36-25-37(43-27-41(36)44)30-13-5-4-6-14-30)26-42-28(2)29-21-23-32(24-22-29)45-38-18-10-7-15-33(38)34-16-8-11-19-39(34)45;1-3-2/h3-27H,1H2,2H3;3H2,1-2H3/b31-26+,42-28?;. The maximum atomic E-state index is 4.93. The van der Waals surface area contributed by atoms with E-state index in [9.17, 15) is 0 Å². The van der Waals surface area contributed by atoms with Crippen LogP contribution in [0.3, 0.4) is 0 Å². The Balaban J connectivity index is 0.00000117. The minimum Gasteiger partial charge on any atom is -0.309 e. The lowest BCUT2D eigenvalue weighted by Gasteiger charge is -2.10. The number of aromatic nitrogens is 3. The van der Waals surface area contributed by atoms with E-state index >= 15 is 0 Å². The van der Waals surface area contributed by atoms with Crippen molar-refractivity contribution in [3.05, 3.63) is 164 Å². The maximum absolute atomic E-state index is 4.93. The van der Waals surface area contributed by atoms with E-state index in [1.54, 1.807) is 0 Å². The van der Waals surface area contributed by atoms with Gasteiger partial charge in [-0.1, -0.05) is 124 Å². The van der Waals surface area contributed by atoms with Crippen molar-refractivity contribution in [2.45, 2.75) is 27.2 Å². The maximum Gasteiger partial charge on any atom is 0.0725 e. The summed E-state index contributed by atoms with van der Waals surface area (Å²) in [5.74, 6) is 0. The molecule has 8 rings (SSSR count). The Kier molecular flexibility index (Phi) is 8.55. The van der Waals surface area contributed by atoms with Crippen LogP contribution in [-0.4, -0.2) is 19.8 Å². The second-order valence-electron chi connectivity index (χ2n) is 11.9. The van der Waals surface area contributed by atoms with Crippen molar-refractivity contribution < 1.29 is 0 Å². The molecule has 0 atom stereocenters. The first-order chi connectivity index (χ1) is 23.6. The fraction of sp³-hybridized carbons (Fsp3) is 0.0909. The van der Waals surface area contributed by atoms with E-state index in [0.717, 1.165) is 50.3 Å². The van der Waals surface area contributed by atoms with E-state index in [4.69, 9.17) is 9.98 Å². The molecule has 0 amide bonds. The highest BCUT2D eigenvalue weighted by atomic mass is 15.0. The number of allylic oxidation sites excluding steroid dienone is 2. The van der Waals surface area contributed by atoms with Gasteiger partial charge in [0, 0.05) is 38.5 Å². The van der Waals surface area contributed by atoms with Gasteiger partial charge in [-0.15, -0.1) is 0 Å². The van der Waals surface area contributed by atoms with Crippen LogP contribution in [0.25, 0.3) is 66.3 Å². The van der Waals surface area contributed by atoms with Gasteiger partial charge < -0.3 is 9.13 Å². The number of hydrogen-bond acceptors (Lipinski definition) is 2. The average molecular weight is 623 g/mol. The van der Waals surface area contributed by atoms with Gasteiger partial charge in [0.15, 0.2) is 0 Å². The van der Waals surface area contributed by atoms with Crippen LogP contribution in [0.2, 0.25) is 0 Å². The second-order valence-corrected chi connectivity index (χ2v) is 11.9. The predicted octanol–water partition coefficient (Wildman–Crippen LogP) is 11.9. The zero-order chi connectivity index (χ0) is 33.0. The minimum atomic E-state index is 0.886. The molecule has 3 heterocycles. The summed E-state index contributed by atoms with van der Waals surface area (Å²) in [5.41, 5.74) is 10.6. The van der Waals surface area contributed by atoms with Crippen LogP contribution in [0.15, 0.2) is 164 Å². The molecule has 0 N–H and O–H groups in total. The number of nitrogens with zero attached hydrogens (tertiary/aromatic N) is 4. The molecular formula is C44H38N4. The van der Waals surface area contributed by atoms with Crippen LogP contribution >= 0.6 is 0 Å². The molecule has 48 heavy (non-hydrogen) atoms. The van der Waals surface area contributed by atoms with Crippen molar-refractivity contribution in [3.8, 4) is 16.9 Å². The summed E-state index contributed by atoms with van der Waals surface area (Å²) in [6.45, 7) is 10.5. The van der Waals surface area contributed by atoms with Gasteiger partial charge in [0.05, 0.1) is 45.9 Å². The van der Waals surface area contributed by atoms with Gasteiger partial charge in [-0.3, -0.25) is 9.98 Å². The molecular weight excluding hydrogens is 585 g/mol. The molecule has 0 aliphatic rings. The Labute approximate surface area is 281 Å². The molecule has 0 saturated carbocycles. The van der Waals surface area contributed by atoms with E-state index in [-0.39, 0.29) is 0 Å². The lowest BCUT2D eigenvalue weighted by atomic mass is 10.1. The summed E-state index contributed by atoms with van der Waals surface area (Å²) in [6, 6.07) is 46.7. The molecule has 8 aromatic rings. The summed E-state index contributed by atoms with van der Waals surface area (Å²) < 4.78 is 4.53. The largest absolute Gasteiger partial charge is 0.309 e. The van der Waals surface area contributed by atoms with Crippen molar-refractivity contribution in [2.24, 2.45) is 4.99 Å². The van der Waals surface area contributed by atoms with Crippen molar-refractivity contribution in [1.29, 1.82) is 0 Å². The average Bonchev–Trinajstić information content (AvgIpc) is 3.65. The van der Waals surface area contributed by atoms with Crippen molar-refractivity contribution in [1.82, 2.24) is 14.1 Å². The first kappa shape index (κ1) is 30.6. The number of aliphatic imine (C=N–C) groups is 1. The highest BCUT2D eigenvalue weighted by molar-refractivity contribution is 6.11. The first-order valence-electron chi connectivity index (χ1n) is 16.5. The Morgan fingerprint density at radius 3 is 1.81 bits per heavy atom. The van der Waals surface area contributed by atoms with Crippen molar-refractivity contribution in [3.63, 3.8) is 0 Å². The van der Waals surface area contributed by atoms with Crippen LogP contribution in [-0.2, 0) is 0 Å². The van der Waals surface area contributed by atoms with Crippen LogP contribution in [0.5, 0.6) is 0 Å². The Bertz CT molecular complexity index is 2400. The third-order valence-electron chi connectivity index (χ3n) is 8.61. The SMILES string of the molecule is C=C/C(=C\N=C(C)c1ccc(-n2c3ccccc3c3ccccc32)cc1)n1c2ccccc2c2cc(-c3ccccc3)ncc21.CCC. The van der Waals surface area contributed by atoms with Crippen LogP contribution in [0.4, 0.5) is 0 Å². The summed E-state index contributed by atoms with van der Waals surface area (Å²) in [5, 5.41) is 4.83. The van der Waals surface area contributed by atoms with Gasteiger partial charge in [-0.05, 0) is 55.0 Å². The first-order valence-corrected chi connectivity index (χ1v) is 16.5. The molecule has 3 aromatic heterocycles. The van der Waals surface area contributed by atoms with Crippen LogP contribution < -0.4 is 0 Å². The third kappa shape index (κ3) is 5.52. The number of para-hydroxylation sites is 3. The highest BCUT2D eigenvalue weighted by Gasteiger charge is 2.15. The minimum absolute atomic E-state index is 0.886. The fourth-order valence-corrected chi connectivity index (χ4v) is 6.40. The van der Waals surface area contributed by atoms with Gasteiger partial charge in [-0.25, -0.2) is 0 Å². The van der Waals surface area contributed by atoms with Gasteiger partial charge in [0.2, 0.25) is 0 Å². The Morgan fingerprint density at radius 1 is 0.667 bits per heavy atom. The normalized spacial score (nSPS) is 12.1. The molecule has 4 nitrogen and oxygen atoms in total. The van der Waals surface area contributed by atoms with Crippen molar-refractivity contribution in [2.75, 3.05) is 0 Å². The van der Waals surface area contributed by atoms with E-state index < -0.39 is 0 Å². The van der Waals surface area contributed by atoms with E-state index in [1.165, 1.54) is 33.6 Å². The zero-order valence-corrected chi connectivity index (χ0v) is 27.6. The topological polar surface area (TPSA) is 35.1 Å². The smallest absolute Gasteiger partial charge is 0.0725 e. The molecule has 5 aromatic carbocycles. The third-order valence-corrected chi connectivity index (χ3v) is 8.61. The van der Waals surface area contributed by atoms with Crippen LogP contribution in [0, 0.1) is 0 Å². The van der Waals surface area contributed by atoms with Crippen LogP contribution in [0.1, 0.15) is 32.8 Å². The molecule has 0 aliphatic carbocycles. The summed E-state index contributed by atoms with van der Waals surface area (Å²) in [4.78, 5) is 9.77. The van der Waals surface area contributed by atoms with E-state index in [1.807, 2.05) is 43.6 Å². The molecule has 4 heteroatoms. The van der Waals surface area contributed by atoms with Gasteiger partial charge in [-0.2, -0.15) is 0 Å². The summed E-state index contributed by atoms with van der Waals surface area (Å²) >= 11 is 0. The monoisotopic (exact) mass is 622 g/mol. The van der Waals surface area contributed by atoms with E-state index in [2.05, 4.69) is 145 Å². The van der Waals surface area contributed by atoms with Gasteiger partial charge >= 0.3 is 0 Å². The number of rotatable bonds is 6. The Hall–Kier alpha value is -6.00. The quantitative estimate of drug-likeness (QED) is 0.134. The van der Waals surface area contributed by atoms with Gasteiger partial charge in [0.1, 0.15) is 0 Å². The molecule has 0 bridgehead atoms. The second kappa shape index (κ2) is 13.4. The van der Waals surface area contributed by atoms with Crippen molar-refractivity contribution >= 4 is 55.0 Å². The summed E-state index contributed by atoms with van der Waals surface area (Å²) in [6.07, 6.45) is 6.97. The molecule has 0 aliphatic heterocycles. The molecule has 0 radical (unpaired) electrons. The molecule has 0 unspecified atom stereocenters. The number of benzene rings is 5. The number of pyridine rings is 1. The summed E-state index contributed by atoms with van der Waals surface area (Å²) in [7, 11) is 0. The highest BCUT2D eigenvalue weighted by Crippen LogP contribution is 2.34. The molecule has 0 spiro atoms. The number of fused-ring (bicyclic) bond motifs is 6. The van der Waals surface area contributed by atoms with Gasteiger partial charge in [0.25, 0.3) is 0 Å². The zero-order valence-electron chi connectivity index (χ0n) is 27.6. The lowest BCUT2D eigenvalue weighted by molar-refractivity contribution is 1.09. The molecule has 234 valence electrons. The predicted molar refractivity (Wildman–Crippen MR) is 206 cm³/mol. The van der Waals surface area contributed by atoms with E-state index in [0.29, 0.717) is 0 Å². The molecule has 0 fully saturated rings. The molecule has 0 saturated heterocycles. The number of hydrogen-bond donors (Lipinski definition) is 0. The fourth-order valence-electron chi connectivity index (χ4n) is 6.40.